The lowest BCUT2D eigenvalue weighted by Gasteiger charge is -2.34. The van der Waals surface area contributed by atoms with Crippen molar-refractivity contribution in [2.45, 2.75) is 51.5 Å². The maximum atomic E-state index is 14.3. The van der Waals surface area contributed by atoms with Gasteiger partial charge in [-0.25, -0.2) is 19.4 Å². The fraction of sp³-hybridized carbons (Fsp3) is 0.229. The number of imidazole rings is 1. The molecule has 12 nitrogen and oxygen atoms in total. The number of fused-ring (bicyclic) bond motifs is 2. The van der Waals surface area contributed by atoms with Gasteiger partial charge in [-0.2, -0.15) is 26.3 Å². The normalized spacial score (nSPS) is 14.7. The van der Waals surface area contributed by atoms with E-state index < -0.39 is 48.0 Å². The van der Waals surface area contributed by atoms with Crippen molar-refractivity contribution in [3.05, 3.63) is 122 Å². The molecule has 7 rings (SSSR count). The molecule has 1 aliphatic rings. The molecule has 0 fully saturated rings. The molecule has 0 saturated carbocycles. The first-order chi connectivity index (χ1) is 25.6. The van der Waals surface area contributed by atoms with E-state index in [1.807, 2.05) is 0 Å². The lowest BCUT2D eigenvalue weighted by atomic mass is 10.1. The van der Waals surface area contributed by atoms with Crippen molar-refractivity contribution in [2.24, 2.45) is 0 Å². The fourth-order valence-electron chi connectivity index (χ4n) is 6.38. The fourth-order valence-corrected chi connectivity index (χ4v) is 6.85. The predicted molar refractivity (Wildman–Crippen MR) is 184 cm³/mol. The average Bonchev–Trinajstić information content (AvgIpc) is 3.65. The van der Waals surface area contributed by atoms with Gasteiger partial charge in [0.1, 0.15) is 17.8 Å². The topological polar surface area (TPSA) is 133 Å². The van der Waals surface area contributed by atoms with E-state index in [4.69, 9.17) is 0 Å². The molecule has 1 atom stereocenters. The van der Waals surface area contributed by atoms with Crippen LogP contribution < -0.4 is 11.0 Å². The van der Waals surface area contributed by atoms with E-state index in [1.54, 1.807) is 49.6 Å². The van der Waals surface area contributed by atoms with Gasteiger partial charge in [0.05, 0.1) is 29.0 Å². The zero-order valence-corrected chi connectivity index (χ0v) is 29.4. The number of alkyl halides is 6. The van der Waals surface area contributed by atoms with Gasteiger partial charge in [-0.05, 0) is 55.0 Å². The molecule has 2 amide bonds. The first kappa shape index (κ1) is 36.5. The van der Waals surface area contributed by atoms with Crippen LogP contribution in [0.1, 0.15) is 44.6 Å². The molecule has 6 aromatic rings. The number of hydrogen-bond acceptors (Lipinski definition) is 7. The quantitative estimate of drug-likeness (QED) is 0.191. The van der Waals surface area contributed by atoms with Gasteiger partial charge in [0.2, 0.25) is 0 Å². The number of carbonyl (C=O) groups is 2. The molecule has 54 heavy (non-hydrogen) atoms. The summed E-state index contributed by atoms with van der Waals surface area (Å²) in [5, 5.41) is 10.3. The summed E-state index contributed by atoms with van der Waals surface area (Å²) in [5.74, 6) is -1.12. The Kier molecular flexibility index (Phi) is 9.36. The number of hydrogen-bond donors (Lipinski definition) is 1. The smallest absolute Gasteiger partial charge is 0.347 e. The molecule has 4 heterocycles. The molecule has 278 valence electrons. The second-order valence-corrected chi connectivity index (χ2v) is 13.3. The van der Waals surface area contributed by atoms with E-state index in [0.717, 1.165) is 16.7 Å². The summed E-state index contributed by atoms with van der Waals surface area (Å²) in [6, 6.07) is 15.0. The Balaban J connectivity index is 1.30. The molecule has 0 spiro atoms. The summed E-state index contributed by atoms with van der Waals surface area (Å²) in [6.45, 7) is -0.331. The van der Waals surface area contributed by atoms with Gasteiger partial charge in [-0.3, -0.25) is 18.7 Å². The van der Waals surface area contributed by atoms with Crippen LogP contribution in [0, 0.1) is 0 Å². The van der Waals surface area contributed by atoms with Gasteiger partial charge in [-0.15, -0.1) is 5.10 Å². The third kappa shape index (κ3) is 6.97. The van der Waals surface area contributed by atoms with E-state index in [9.17, 15) is 40.7 Å². The summed E-state index contributed by atoms with van der Waals surface area (Å²) >= 11 is 2.88. The highest BCUT2D eigenvalue weighted by atomic mass is 79.9. The van der Waals surface area contributed by atoms with Crippen molar-refractivity contribution in [3.63, 3.8) is 0 Å². The molecule has 0 unspecified atom stereocenters. The van der Waals surface area contributed by atoms with Crippen LogP contribution in [-0.4, -0.2) is 63.0 Å². The lowest BCUT2D eigenvalue weighted by molar-refractivity contribution is -0.142. The van der Waals surface area contributed by atoms with Gasteiger partial charge in [0.15, 0.2) is 5.82 Å². The third-order valence-electron chi connectivity index (χ3n) is 8.89. The summed E-state index contributed by atoms with van der Waals surface area (Å²) in [7, 11) is 0. The molecule has 19 heteroatoms. The molecule has 0 radical (unpaired) electrons. The van der Waals surface area contributed by atoms with E-state index in [1.165, 1.54) is 33.7 Å². The maximum absolute atomic E-state index is 14.3. The zero-order chi connectivity index (χ0) is 38.5. The monoisotopic (exact) mass is 813 g/mol. The molecule has 3 aromatic carbocycles. The standard InChI is InChI=1S/C35H26BrF6N9O3/c1-19-16-49-28(17-48(19)32(53)20-7-9-25(36)24(13-20)35(40,41)42)29(31(52)45-15-21-5-2-3-6-23(21)30-43-11-4-12-44-30)51(33(49)54)22-8-10-27-26(14-22)46-47-50(27)18-34(37,38)39/h2-14,19H,15-18H2,1H3,(H,45,52)/t19-/m0/s1. The van der Waals surface area contributed by atoms with Crippen molar-refractivity contribution in [3.8, 4) is 17.1 Å². The lowest BCUT2D eigenvalue weighted by Crippen LogP contribution is -2.47. The van der Waals surface area contributed by atoms with Crippen LogP contribution in [0.2, 0.25) is 0 Å². The van der Waals surface area contributed by atoms with Gasteiger partial charge in [0, 0.05) is 47.1 Å². The second kappa shape index (κ2) is 13.9. The van der Waals surface area contributed by atoms with E-state index >= 15 is 0 Å². The van der Waals surface area contributed by atoms with E-state index in [-0.39, 0.29) is 57.8 Å². The largest absolute Gasteiger partial charge is 0.417 e. The molecule has 3 aromatic heterocycles. The minimum atomic E-state index is -4.75. The Morgan fingerprint density at radius 3 is 2.43 bits per heavy atom. The Labute approximate surface area is 309 Å². The van der Waals surface area contributed by atoms with Crippen molar-refractivity contribution in [2.75, 3.05) is 0 Å². The van der Waals surface area contributed by atoms with Gasteiger partial charge in [-0.1, -0.05) is 45.4 Å². The summed E-state index contributed by atoms with van der Waals surface area (Å²) in [4.78, 5) is 52.1. The minimum Gasteiger partial charge on any atom is -0.347 e. The molecule has 0 bridgehead atoms. The van der Waals surface area contributed by atoms with Crippen molar-refractivity contribution in [1.82, 2.24) is 44.3 Å². The Morgan fingerprint density at radius 1 is 0.963 bits per heavy atom. The number of benzene rings is 3. The first-order valence-corrected chi connectivity index (χ1v) is 17.0. The minimum absolute atomic E-state index is 0.0110. The van der Waals surface area contributed by atoms with Crippen LogP contribution >= 0.6 is 15.9 Å². The highest BCUT2D eigenvalue weighted by Gasteiger charge is 2.38. The number of carbonyl (C=O) groups excluding carboxylic acids is 2. The maximum Gasteiger partial charge on any atom is 0.417 e. The Bertz CT molecular complexity index is 2480. The number of nitrogens with one attached hydrogen (secondary N) is 1. The highest BCUT2D eigenvalue weighted by molar-refractivity contribution is 9.10. The Hall–Kier alpha value is -5.85. The molecule has 0 saturated heterocycles. The van der Waals surface area contributed by atoms with E-state index in [0.29, 0.717) is 21.6 Å². The number of rotatable bonds is 7. The third-order valence-corrected chi connectivity index (χ3v) is 9.58. The molecule has 1 aliphatic heterocycles. The van der Waals surface area contributed by atoms with Crippen LogP contribution in [0.15, 0.2) is 88.4 Å². The number of aromatic nitrogens is 7. The molecular formula is C35H26BrF6N9O3. The van der Waals surface area contributed by atoms with Crippen LogP contribution in [0.5, 0.6) is 0 Å². The molecular weight excluding hydrogens is 788 g/mol. The zero-order valence-electron chi connectivity index (χ0n) is 27.9. The number of amides is 2. The number of nitrogens with zero attached hydrogens (tertiary/aromatic N) is 8. The average molecular weight is 815 g/mol. The van der Waals surface area contributed by atoms with Crippen molar-refractivity contribution >= 4 is 38.8 Å². The van der Waals surface area contributed by atoms with Crippen LogP contribution in [0.3, 0.4) is 0 Å². The van der Waals surface area contributed by atoms with Gasteiger partial charge in [0.25, 0.3) is 11.8 Å². The predicted octanol–water partition coefficient (Wildman–Crippen LogP) is 6.16. The first-order valence-electron chi connectivity index (χ1n) is 16.2. The Morgan fingerprint density at radius 2 is 1.70 bits per heavy atom. The summed E-state index contributed by atoms with van der Waals surface area (Å²) in [5.41, 5.74) is -0.764. The molecule has 0 aliphatic carbocycles. The second-order valence-electron chi connectivity index (χ2n) is 12.4. The summed E-state index contributed by atoms with van der Waals surface area (Å²) in [6.07, 6.45) is -6.21. The van der Waals surface area contributed by atoms with Crippen LogP contribution in [-0.2, 0) is 32.4 Å². The van der Waals surface area contributed by atoms with E-state index in [2.05, 4.69) is 41.5 Å². The van der Waals surface area contributed by atoms with Crippen LogP contribution in [0.4, 0.5) is 26.3 Å². The van der Waals surface area contributed by atoms with Crippen molar-refractivity contribution in [1.29, 1.82) is 0 Å². The molecule has 1 N–H and O–H groups in total. The van der Waals surface area contributed by atoms with Crippen LogP contribution in [0.25, 0.3) is 28.1 Å². The summed E-state index contributed by atoms with van der Waals surface area (Å²) < 4.78 is 83.5. The van der Waals surface area contributed by atoms with Crippen molar-refractivity contribution < 1.29 is 35.9 Å². The SMILES string of the molecule is C[C@H]1Cn2c(c(C(=O)NCc3ccccc3-c3ncccn3)n(-c3ccc4c(c3)nnn4CC(F)(F)F)c2=O)CN1C(=O)c1ccc(Br)c(C(F)(F)F)c1. The highest BCUT2D eigenvalue weighted by Crippen LogP contribution is 2.36. The van der Waals surface area contributed by atoms with Gasteiger partial charge < -0.3 is 10.2 Å². The van der Waals surface area contributed by atoms with Gasteiger partial charge >= 0.3 is 18.0 Å². The number of halogens is 7.